The molecule has 0 saturated heterocycles. The molecule has 0 bridgehead atoms. The Morgan fingerprint density at radius 2 is 2.05 bits per heavy atom. The molecular formula is C13H16FNO4. The third-order valence-corrected chi connectivity index (χ3v) is 2.64. The van der Waals surface area contributed by atoms with Crippen LogP contribution < -0.4 is 5.32 Å². The predicted octanol–water partition coefficient (Wildman–Crippen LogP) is 1.13. The van der Waals surface area contributed by atoms with Crippen molar-refractivity contribution in [2.24, 2.45) is 5.92 Å². The number of benzene rings is 1. The summed E-state index contributed by atoms with van der Waals surface area (Å²) >= 11 is 0. The Bertz CT molecular complexity index is 450. The maximum atomic E-state index is 12.9. The van der Waals surface area contributed by atoms with Crippen LogP contribution in [0.5, 0.6) is 0 Å². The maximum absolute atomic E-state index is 12.9. The molecule has 0 aliphatic rings. The third kappa shape index (κ3) is 5.96. The zero-order chi connectivity index (χ0) is 14.3. The van der Waals surface area contributed by atoms with Crippen LogP contribution in [0, 0.1) is 11.7 Å². The van der Waals surface area contributed by atoms with Gasteiger partial charge in [0, 0.05) is 6.54 Å². The molecule has 1 atom stereocenters. The van der Waals surface area contributed by atoms with Crippen molar-refractivity contribution in [3.8, 4) is 0 Å². The van der Waals surface area contributed by atoms with Crippen LogP contribution in [0.4, 0.5) is 4.39 Å². The van der Waals surface area contributed by atoms with Crippen molar-refractivity contribution >= 4 is 11.9 Å². The molecule has 5 nitrogen and oxygen atoms in total. The van der Waals surface area contributed by atoms with Gasteiger partial charge in [0.15, 0.2) is 0 Å². The molecule has 1 aromatic carbocycles. The van der Waals surface area contributed by atoms with Crippen molar-refractivity contribution in [1.29, 1.82) is 0 Å². The van der Waals surface area contributed by atoms with Gasteiger partial charge in [-0.2, -0.15) is 0 Å². The highest BCUT2D eigenvalue weighted by Gasteiger charge is 2.20. The highest BCUT2D eigenvalue weighted by molar-refractivity contribution is 5.77. The number of carboxylic acid groups (broad SMARTS) is 2. The van der Waals surface area contributed by atoms with Crippen LogP contribution in [0.1, 0.15) is 12.0 Å². The Morgan fingerprint density at radius 1 is 1.32 bits per heavy atom. The zero-order valence-corrected chi connectivity index (χ0v) is 10.3. The summed E-state index contributed by atoms with van der Waals surface area (Å²) in [6, 6.07) is 6.14. The van der Waals surface area contributed by atoms with Gasteiger partial charge >= 0.3 is 11.9 Å². The fraction of sp³-hybridized carbons (Fsp3) is 0.385. The molecule has 0 aliphatic carbocycles. The second-order valence-corrected chi connectivity index (χ2v) is 4.22. The van der Waals surface area contributed by atoms with Crippen LogP contribution in [0.3, 0.4) is 0 Å². The Labute approximate surface area is 110 Å². The molecular weight excluding hydrogens is 253 g/mol. The largest absolute Gasteiger partial charge is 0.481 e. The summed E-state index contributed by atoms with van der Waals surface area (Å²) in [7, 11) is 0. The molecule has 3 N–H and O–H groups in total. The highest BCUT2D eigenvalue weighted by Crippen LogP contribution is 2.05. The quantitative estimate of drug-likeness (QED) is 0.616. The Morgan fingerprint density at radius 3 is 2.63 bits per heavy atom. The Balaban J connectivity index is 2.32. The smallest absolute Gasteiger partial charge is 0.308 e. The molecule has 19 heavy (non-hydrogen) atoms. The van der Waals surface area contributed by atoms with Gasteiger partial charge in [-0.05, 0) is 30.7 Å². The van der Waals surface area contributed by atoms with Gasteiger partial charge in [-0.25, -0.2) is 4.39 Å². The molecule has 1 unspecified atom stereocenters. The molecule has 0 aromatic heterocycles. The first-order valence-corrected chi connectivity index (χ1v) is 5.89. The summed E-state index contributed by atoms with van der Waals surface area (Å²) in [6.45, 7) is 0.545. The minimum atomic E-state index is -1.14. The topological polar surface area (TPSA) is 86.6 Å². The van der Waals surface area contributed by atoms with Crippen LogP contribution >= 0.6 is 0 Å². The molecule has 1 aromatic rings. The molecule has 0 spiro atoms. The average Bonchev–Trinajstić information content (AvgIpc) is 2.32. The van der Waals surface area contributed by atoms with E-state index in [1.165, 1.54) is 12.1 Å². The van der Waals surface area contributed by atoms with E-state index in [9.17, 15) is 14.0 Å². The van der Waals surface area contributed by atoms with Crippen LogP contribution in [0.15, 0.2) is 24.3 Å². The standard InChI is InChI=1S/C13H16FNO4/c14-11-3-1-2-9(6-11)4-5-15-8-10(13(18)19)7-12(16)17/h1-3,6,10,15H,4-5,7-8H2,(H,16,17)(H,18,19). The summed E-state index contributed by atoms with van der Waals surface area (Å²) in [6.07, 6.45) is 0.138. The Kier molecular flexibility index (Phi) is 5.95. The molecule has 0 radical (unpaired) electrons. The van der Waals surface area contributed by atoms with Crippen LogP contribution in [-0.4, -0.2) is 35.2 Å². The lowest BCUT2D eigenvalue weighted by Crippen LogP contribution is -2.31. The van der Waals surface area contributed by atoms with Crippen LogP contribution in [0.25, 0.3) is 0 Å². The van der Waals surface area contributed by atoms with E-state index in [4.69, 9.17) is 10.2 Å². The first-order chi connectivity index (χ1) is 8.99. The number of carboxylic acids is 2. The fourth-order valence-corrected chi connectivity index (χ4v) is 1.66. The van der Waals surface area contributed by atoms with E-state index in [0.29, 0.717) is 13.0 Å². The van der Waals surface area contributed by atoms with Gasteiger partial charge < -0.3 is 15.5 Å². The summed E-state index contributed by atoms with van der Waals surface area (Å²) in [5.41, 5.74) is 0.803. The SMILES string of the molecule is O=C(O)CC(CNCCc1cccc(F)c1)C(=O)O. The van der Waals surface area contributed by atoms with E-state index in [2.05, 4.69) is 5.32 Å². The molecule has 0 amide bonds. The monoisotopic (exact) mass is 269 g/mol. The van der Waals surface area contributed by atoms with Crippen molar-refractivity contribution in [2.45, 2.75) is 12.8 Å². The van der Waals surface area contributed by atoms with Gasteiger partial charge in [0.05, 0.1) is 12.3 Å². The zero-order valence-electron chi connectivity index (χ0n) is 10.3. The van der Waals surface area contributed by atoms with Crippen molar-refractivity contribution in [2.75, 3.05) is 13.1 Å². The van der Waals surface area contributed by atoms with Gasteiger partial charge in [-0.3, -0.25) is 9.59 Å². The maximum Gasteiger partial charge on any atom is 0.308 e. The van der Waals surface area contributed by atoms with Gasteiger partial charge in [0.1, 0.15) is 5.82 Å². The van der Waals surface area contributed by atoms with Crippen molar-refractivity contribution in [3.05, 3.63) is 35.6 Å². The van der Waals surface area contributed by atoms with E-state index in [1.54, 1.807) is 12.1 Å². The van der Waals surface area contributed by atoms with Gasteiger partial charge in [0.2, 0.25) is 0 Å². The summed E-state index contributed by atoms with van der Waals surface area (Å²) in [5.74, 6) is -3.54. The van der Waals surface area contributed by atoms with Gasteiger partial charge in [-0.1, -0.05) is 12.1 Å². The highest BCUT2D eigenvalue weighted by atomic mass is 19.1. The van der Waals surface area contributed by atoms with E-state index >= 15 is 0 Å². The lowest BCUT2D eigenvalue weighted by molar-refractivity contribution is -0.148. The predicted molar refractivity (Wildman–Crippen MR) is 66.4 cm³/mol. The van der Waals surface area contributed by atoms with Crippen molar-refractivity contribution in [3.63, 3.8) is 0 Å². The van der Waals surface area contributed by atoms with Gasteiger partial charge in [0.25, 0.3) is 0 Å². The number of carbonyl (C=O) groups is 2. The molecule has 0 fully saturated rings. The number of halogens is 1. The number of hydrogen-bond acceptors (Lipinski definition) is 3. The molecule has 0 heterocycles. The number of rotatable bonds is 8. The summed E-state index contributed by atoms with van der Waals surface area (Å²) in [5, 5.41) is 20.3. The normalized spacial score (nSPS) is 12.1. The number of nitrogens with one attached hydrogen (secondary N) is 1. The molecule has 104 valence electrons. The molecule has 6 heteroatoms. The minimum absolute atomic E-state index is 0.0803. The van der Waals surface area contributed by atoms with Crippen LogP contribution in [0.2, 0.25) is 0 Å². The molecule has 1 rings (SSSR count). The number of hydrogen-bond donors (Lipinski definition) is 3. The first kappa shape index (κ1) is 15.1. The first-order valence-electron chi connectivity index (χ1n) is 5.89. The van der Waals surface area contributed by atoms with E-state index in [-0.39, 0.29) is 12.4 Å². The lowest BCUT2D eigenvalue weighted by Gasteiger charge is -2.11. The van der Waals surface area contributed by atoms with Crippen molar-refractivity contribution in [1.82, 2.24) is 5.32 Å². The third-order valence-electron chi connectivity index (χ3n) is 2.64. The van der Waals surface area contributed by atoms with E-state index in [0.717, 1.165) is 5.56 Å². The van der Waals surface area contributed by atoms with Gasteiger partial charge in [-0.15, -0.1) is 0 Å². The van der Waals surface area contributed by atoms with E-state index < -0.39 is 24.3 Å². The molecule has 0 saturated carbocycles. The fourth-order valence-electron chi connectivity index (χ4n) is 1.66. The van der Waals surface area contributed by atoms with E-state index in [1.807, 2.05) is 0 Å². The second kappa shape index (κ2) is 7.48. The minimum Gasteiger partial charge on any atom is -0.481 e. The summed E-state index contributed by atoms with van der Waals surface area (Å²) in [4.78, 5) is 21.3. The van der Waals surface area contributed by atoms with Crippen molar-refractivity contribution < 1.29 is 24.2 Å². The van der Waals surface area contributed by atoms with Crippen LogP contribution in [-0.2, 0) is 16.0 Å². The number of aliphatic carboxylic acids is 2. The molecule has 0 aliphatic heterocycles. The summed E-state index contributed by atoms with van der Waals surface area (Å²) < 4.78 is 12.9. The second-order valence-electron chi connectivity index (χ2n) is 4.22. The Hall–Kier alpha value is -1.95. The lowest BCUT2D eigenvalue weighted by atomic mass is 10.1. The average molecular weight is 269 g/mol.